The molecule has 3 N–H and O–H groups in total. The summed E-state index contributed by atoms with van der Waals surface area (Å²) in [6.07, 6.45) is 3.51. The van der Waals surface area contributed by atoms with Gasteiger partial charge in [0.05, 0.1) is 6.20 Å². The van der Waals surface area contributed by atoms with E-state index in [1.54, 1.807) is 6.92 Å². The Hall–Kier alpha value is -2.29. The number of nitrogens with one attached hydrogen (secondary N) is 2. The Kier molecular flexibility index (Phi) is 4.03. The number of carboxylic acids is 1. The molecule has 2 aromatic heterocycles. The van der Waals surface area contributed by atoms with Crippen molar-refractivity contribution in [1.82, 2.24) is 14.8 Å². The zero-order chi connectivity index (χ0) is 15.6. The van der Waals surface area contributed by atoms with Crippen LogP contribution < -0.4 is 4.72 Å². The molecule has 0 fully saturated rings. The van der Waals surface area contributed by atoms with Crippen LogP contribution in [0.15, 0.2) is 23.4 Å². The summed E-state index contributed by atoms with van der Waals surface area (Å²) < 4.78 is 28.3. The number of hydrogen-bond donors (Lipinski definition) is 3. The third kappa shape index (κ3) is 3.07. The third-order valence-corrected chi connectivity index (χ3v) is 4.25. The van der Waals surface area contributed by atoms with Gasteiger partial charge in [0.15, 0.2) is 0 Å². The number of aryl methyl sites for hydroxylation is 2. The van der Waals surface area contributed by atoms with Gasteiger partial charge in [-0.1, -0.05) is 6.92 Å². The van der Waals surface area contributed by atoms with Gasteiger partial charge in [-0.15, -0.1) is 0 Å². The van der Waals surface area contributed by atoms with E-state index < -0.39 is 16.0 Å². The van der Waals surface area contributed by atoms with Crippen LogP contribution in [0.2, 0.25) is 0 Å². The Morgan fingerprint density at radius 3 is 2.76 bits per heavy atom. The van der Waals surface area contributed by atoms with Crippen molar-refractivity contribution in [3.05, 3.63) is 29.7 Å². The standard InChI is InChI=1S/C12H16N4O4S/c1-3-4-16-7-9(5-10(16)12(17)18)21(19,20)15-11-8(2)6-13-14-11/h5-7H,3-4H2,1-2H3,(H,17,18)(H2,13,14,15). The number of nitrogens with zero attached hydrogens (tertiary/aromatic N) is 2. The molecule has 2 aromatic rings. The van der Waals surface area contributed by atoms with Gasteiger partial charge < -0.3 is 9.67 Å². The highest BCUT2D eigenvalue weighted by Crippen LogP contribution is 2.19. The summed E-state index contributed by atoms with van der Waals surface area (Å²) in [5.74, 6) is -0.905. The summed E-state index contributed by atoms with van der Waals surface area (Å²) >= 11 is 0. The number of H-pyrrole nitrogens is 1. The lowest BCUT2D eigenvalue weighted by Gasteiger charge is -2.05. The summed E-state index contributed by atoms with van der Waals surface area (Å²) in [5, 5.41) is 15.4. The molecule has 0 bridgehead atoms. The average Bonchev–Trinajstić information content (AvgIpc) is 2.97. The van der Waals surface area contributed by atoms with Gasteiger partial charge in [-0.25, -0.2) is 13.2 Å². The van der Waals surface area contributed by atoms with Crippen LogP contribution in [0.1, 0.15) is 29.4 Å². The van der Waals surface area contributed by atoms with Gasteiger partial charge >= 0.3 is 5.97 Å². The van der Waals surface area contributed by atoms with Crippen molar-refractivity contribution in [3.63, 3.8) is 0 Å². The van der Waals surface area contributed by atoms with Gasteiger partial charge in [0.25, 0.3) is 10.0 Å². The van der Waals surface area contributed by atoms with E-state index in [-0.39, 0.29) is 16.4 Å². The number of sulfonamides is 1. The molecule has 0 saturated carbocycles. The molecule has 0 radical (unpaired) electrons. The van der Waals surface area contributed by atoms with Crippen LogP contribution in [-0.2, 0) is 16.6 Å². The molecular weight excluding hydrogens is 296 g/mol. The molecule has 0 unspecified atom stereocenters. The Balaban J connectivity index is 2.38. The van der Waals surface area contributed by atoms with E-state index in [1.165, 1.54) is 17.0 Å². The van der Waals surface area contributed by atoms with E-state index >= 15 is 0 Å². The van der Waals surface area contributed by atoms with Gasteiger partial charge in [-0.3, -0.25) is 9.82 Å². The Morgan fingerprint density at radius 1 is 1.52 bits per heavy atom. The highest BCUT2D eigenvalue weighted by Gasteiger charge is 2.22. The maximum Gasteiger partial charge on any atom is 0.352 e. The quantitative estimate of drug-likeness (QED) is 0.746. The number of aromatic amines is 1. The van der Waals surface area contributed by atoms with Crippen LogP contribution in [-0.4, -0.2) is 34.3 Å². The van der Waals surface area contributed by atoms with Crippen molar-refractivity contribution in [1.29, 1.82) is 0 Å². The summed E-state index contributed by atoms with van der Waals surface area (Å²) in [5.41, 5.74) is 0.587. The van der Waals surface area contributed by atoms with E-state index in [9.17, 15) is 13.2 Å². The number of aromatic nitrogens is 3. The Bertz CT molecular complexity index is 760. The highest BCUT2D eigenvalue weighted by molar-refractivity contribution is 7.92. The van der Waals surface area contributed by atoms with Crippen LogP contribution in [0, 0.1) is 6.92 Å². The molecule has 114 valence electrons. The van der Waals surface area contributed by atoms with Crippen molar-refractivity contribution >= 4 is 21.8 Å². The van der Waals surface area contributed by atoms with E-state index in [1.807, 2.05) is 6.92 Å². The molecule has 0 aliphatic heterocycles. The van der Waals surface area contributed by atoms with Crippen LogP contribution in [0.5, 0.6) is 0 Å². The average molecular weight is 312 g/mol. The third-order valence-electron chi connectivity index (χ3n) is 2.93. The second kappa shape index (κ2) is 5.60. The topological polar surface area (TPSA) is 117 Å². The number of anilines is 1. The summed E-state index contributed by atoms with van der Waals surface area (Å²) in [4.78, 5) is 11.1. The van der Waals surface area contributed by atoms with Crippen LogP contribution >= 0.6 is 0 Å². The van der Waals surface area contributed by atoms with E-state index in [0.29, 0.717) is 18.5 Å². The zero-order valence-electron chi connectivity index (χ0n) is 11.6. The molecule has 2 heterocycles. The summed E-state index contributed by atoms with van der Waals surface area (Å²) in [6.45, 7) is 4.01. The maximum atomic E-state index is 12.3. The lowest BCUT2D eigenvalue weighted by Crippen LogP contribution is -2.13. The molecule has 9 heteroatoms. The van der Waals surface area contributed by atoms with Crippen molar-refractivity contribution in [2.75, 3.05) is 4.72 Å². The summed E-state index contributed by atoms with van der Waals surface area (Å²) in [7, 11) is -3.86. The molecule has 0 aliphatic rings. The van der Waals surface area contributed by atoms with Gasteiger partial charge in [0.1, 0.15) is 16.4 Å². The molecule has 0 spiro atoms. The molecule has 0 amide bonds. The first-order chi connectivity index (χ1) is 9.85. The number of carbonyl (C=O) groups is 1. The normalized spacial score (nSPS) is 11.5. The van der Waals surface area contributed by atoms with E-state index in [0.717, 1.165) is 6.07 Å². The van der Waals surface area contributed by atoms with Crippen LogP contribution in [0.3, 0.4) is 0 Å². The Labute approximate surface area is 121 Å². The first-order valence-electron chi connectivity index (χ1n) is 6.31. The fourth-order valence-electron chi connectivity index (χ4n) is 1.88. The number of aromatic carboxylic acids is 1. The molecule has 0 aromatic carbocycles. The molecule has 21 heavy (non-hydrogen) atoms. The molecule has 8 nitrogen and oxygen atoms in total. The highest BCUT2D eigenvalue weighted by atomic mass is 32.2. The van der Waals surface area contributed by atoms with Crippen LogP contribution in [0.4, 0.5) is 5.82 Å². The Morgan fingerprint density at radius 2 is 2.24 bits per heavy atom. The minimum atomic E-state index is -3.86. The number of hydrogen-bond acceptors (Lipinski definition) is 4. The molecular formula is C12H16N4O4S. The lowest BCUT2D eigenvalue weighted by atomic mass is 10.4. The lowest BCUT2D eigenvalue weighted by molar-refractivity contribution is 0.0685. The zero-order valence-corrected chi connectivity index (χ0v) is 12.4. The predicted octanol–water partition coefficient (Wildman–Crippen LogP) is 1.43. The second-order valence-corrected chi connectivity index (χ2v) is 6.28. The van der Waals surface area contributed by atoms with Gasteiger partial charge in [-0.05, 0) is 19.4 Å². The minimum Gasteiger partial charge on any atom is -0.477 e. The van der Waals surface area contributed by atoms with Gasteiger partial charge in [-0.2, -0.15) is 5.10 Å². The van der Waals surface area contributed by atoms with E-state index in [2.05, 4.69) is 14.9 Å². The monoisotopic (exact) mass is 312 g/mol. The van der Waals surface area contributed by atoms with Crippen LogP contribution in [0.25, 0.3) is 0 Å². The smallest absolute Gasteiger partial charge is 0.352 e. The summed E-state index contributed by atoms with van der Waals surface area (Å²) in [6, 6.07) is 1.14. The van der Waals surface area contributed by atoms with E-state index in [4.69, 9.17) is 5.11 Å². The fraction of sp³-hybridized carbons (Fsp3) is 0.333. The fourth-order valence-corrected chi connectivity index (χ4v) is 3.00. The van der Waals surface area contributed by atoms with Crippen molar-refractivity contribution in [2.24, 2.45) is 0 Å². The largest absolute Gasteiger partial charge is 0.477 e. The number of rotatable bonds is 6. The van der Waals surface area contributed by atoms with Crippen molar-refractivity contribution < 1.29 is 18.3 Å². The van der Waals surface area contributed by atoms with Gasteiger partial charge in [0, 0.05) is 18.3 Å². The molecule has 0 aliphatic carbocycles. The van der Waals surface area contributed by atoms with Gasteiger partial charge in [0.2, 0.25) is 0 Å². The first kappa shape index (κ1) is 15.1. The first-order valence-corrected chi connectivity index (χ1v) is 7.79. The molecule has 0 atom stereocenters. The molecule has 2 rings (SSSR count). The van der Waals surface area contributed by atoms with Crippen molar-refractivity contribution in [3.8, 4) is 0 Å². The predicted molar refractivity (Wildman–Crippen MR) is 75.8 cm³/mol. The minimum absolute atomic E-state index is 0.0569. The SMILES string of the molecule is CCCn1cc(S(=O)(=O)Nc2[nH]ncc2C)cc1C(=O)O. The molecule has 0 saturated heterocycles. The second-order valence-electron chi connectivity index (χ2n) is 4.59. The maximum absolute atomic E-state index is 12.3. The number of carboxylic acid groups (broad SMARTS) is 1. The van der Waals surface area contributed by atoms with Crippen molar-refractivity contribution in [2.45, 2.75) is 31.7 Å².